The molecule has 0 bridgehead atoms. The fourth-order valence-electron chi connectivity index (χ4n) is 3.32. The van der Waals surface area contributed by atoms with Gasteiger partial charge in [-0.25, -0.2) is 19.3 Å². The zero-order chi connectivity index (χ0) is 24.8. The predicted octanol–water partition coefficient (Wildman–Crippen LogP) is 4.55. The van der Waals surface area contributed by atoms with Crippen LogP contribution >= 0.6 is 11.3 Å². The number of nitrogens with zero attached hydrogens (tertiary/aromatic N) is 3. The van der Waals surface area contributed by atoms with Gasteiger partial charge in [0.2, 0.25) is 5.01 Å². The lowest BCUT2D eigenvalue weighted by Crippen LogP contribution is -2.09. The molecule has 2 heterocycles. The van der Waals surface area contributed by atoms with Crippen LogP contribution in [0.2, 0.25) is 0 Å². The summed E-state index contributed by atoms with van der Waals surface area (Å²) in [7, 11) is 3.10. The zero-order valence-corrected chi connectivity index (χ0v) is 20.2. The van der Waals surface area contributed by atoms with Gasteiger partial charge in [-0.15, -0.1) is 11.3 Å². The van der Waals surface area contributed by atoms with Gasteiger partial charge in [0.25, 0.3) is 0 Å². The molecular weight excluding hydrogens is 470 g/mol. The first-order valence-corrected chi connectivity index (χ1v) is 11.6. The highest BCUT2D eigenvalue weighted by Crippen LogP contribution is 2.34. The van der Waals surface area contributed by atoms with E-state index in [9.17, 15) is 9.59 Å². The Kier molecular flexibility index (Phi) is 7.41. The van der Waals surface area contributed by atoms with Crippen LogP contribution in [0.4, 0.5) is 0 Å². The third-order valence-electron chi connectivity index (χ3n) is 4.98. The number of hydrogen-bond donors (Lipinski definition) is 0. The smallest absolute Gasteiger partial charge is 0.367 e. The van der Waals surface area contributed by atoms with Gasteiger partial charge >= 0.3 is 11.9 Å². The maximum atomic E-state index is 13.1. The van der Waals surface area contributed by atoms with Crippen molar-refractivity contribution in [2.24, 2.45) is 0 Å². The Morgan fingerprint density at radius 3 is 2.46 bits per heavy atom. The van der Waals surface area contributed by atoms with E-state index in [1.165, 1.54) is 0 Å². The Morgan fingerprint density at radius 1 is 0.971 bits per heavy atom. The van der Waals surface area contributed by atoms with Crippen LogP contribution in [0.25, 0.3) is 16.8 Å². The van der Waals surface area contributed by atoms with Crippen LogP contribution in [0.1, 0.15) is 32.9 Å². The maximum absolute atomic E-state index is 13.1. The van der Waals surface area contributed by atoms with Crippen molar-refractivity contribution in [1.29, 1.82) is 0 Å². The van der Waals surface area contributed by atoms with Gasteiger partial charge < -0.3 is 18.9 Å². The van der Waals surface area contributed by atoms with Crippen molar-refractivity contribution in [2.75, 3.05) is 20.8 Å². The maximum Gasteiger partial charge on any atom is 0.367 e. The fraction of sp³-hybridized carbons (Fsp3) is 0.200. The molecule has 9 nitrogen and oxygen atoms in total. The highest BCUT2D eigenvalue weighted by molar-refractivity contribution is 7.11. The Labute approximate surface area is 205 Å². The molecule has 0 aliphatic heterocycles. The molecule has 2 aromatic heterocycles. The van der Waals surface area contributed by atoms with E-state index in [0.29, 0.717) is 28.3 Å². The van der Waals surface area contributed by atoms with E-state index < -0.39 is 11.9 Å². The average molecular weight is 494 g/mol. The van der Waals surface area contributed by atoms with Crippen molar-refractivity contribution < 1.29 is 28.5 Å². The molecule has 0 fully saturated rings. The number of aromatic nitrogens is 3. The second-order valence-corrected chi connectivity index (χ2v) is 8.04. The van der Waals surface area contributed by atoms with E-state index in [2.05, 4.69) is 10.1 Å². The van der Waals surface area contributed by atoms with E-state index in [1.54, 1.807) is 49.5 Å². The number of carbonyl (C=O) groups is 2. The van der Waals surface area contributed by atoms with E-state index in [4.69, 9.17) is 18.9 Å². The number of para-hydroxylation sites is 1. The Bertz CT molecular complexity index is 1330. The average Bonchev–Trinajstić information content (AvgIpc) is 3.55. The lowest BCUT2D eigenvalue weighted by atomic mass is 10.1. The third-order valence-corrected chi connectivity index (χ3v) is 5.85. The topological polar surface area (TPSA) is 102 Å². The Morgan fingerprint density at radius 2 is 1.74 bits per heavy atom. The molecule has 0 radical (unpaired) electrons. The molecule has 10 heteroatoms. The molecule has 0 aliphatic carbocycles. The van der Waals surface area contributed by atoms with E-state index in [0.717, 1.165) is 17.0 Å². The number of benzene rings is 2. The first-order valence-electron chi connectivity index (χ1n) is 10.7. The number of thiazole rings is 1. The summed E-state index contributed by atoms with van der Waals surface area (Å²) in [5, 5.41) is 6.36. The van der Waals surface area contributed by atoms with Crippen molar-refractivity contribution in [3.63, 3.8) is 0 Å². The molecule has 0 saturated heterocycles. The normalized spacial score (nSPS) is 10.6. The lowest BCUT2D eigenvalue weighted by molar-refractivity contribution is 0.0461. The van der Waals surface area contributed by atoms with Gasteiger partial charge in [-0.1, -0.05) is 24.3 Å². The second kappa shape index (κ2) is 10.8. The highest BCUT2D eigenvalue weighted by atomic mass is 32.1. The van der Waals surface area contributed by atoms with Gasteiger partial charge in [-0.2, -0.15) is 5.10 Å². The molecule has 180 valence electrons. The molecule has 0 N–H and O–H groups in total. The number of carbonyl (C=O) groups excluding carboxylic acids is 2. The van der Waals surface area contributed by atoms with Gasteiger partial charge in [0.1, 0.15) is 6.61 Å². The number of esters is 2. The van der Waals surface area contributed by atoms with Gasteiger partial charge in [0.15, 0.2) is 17.2 Å². The molecule has 35 heavy (non-hydrogen) atoms. The minimum atomic E-state index is -0.629. The van der Waals surface area contributed by atoms with Crippen LogP contribution < -0.4 is 9.47 Å². The minimum Gasteiger partial charge on any atom is -0.493 e. The van der Waals surface area contributed by atoms with Crippen LogP contribution in [-0.4, -0.2) is 47.5 Å². The van der Waals surface area contributed by atoms with Gasteiger partial charge in [-0.3, -0.25) is 0 Å². The number of methoxy groups -OCH3 is 2. The van der Waals surface area contributed by atoms with E-state index in [1.807, 2.05) is 36.4 Å². The molecule has 0 aliphatic rings. The SMILES string of the molecule is CCOC(=O)c1nc(COC(=O)c2nn(-c3ccccc3)cc2-c2ccc(OC)c(OC)c2)cs1. The zero-order valence-electron chi connectivity index (χ0n) is 19.4. The van der Waals surface area contributed by atoms with Crippen LogP contribution in [-0.2, 0) is 16.1 Å². The molecule has 0 atom stereocenters. The monoisotopic (exact) mass is 493 g/mol. The molecule has 0 unspecified atom stereocenters. The molecule has 0 saturated carbocycles. The number of hydrogen-bond acceptors (Lipinski definition) is 9. The van der Waals surface area contributed by atoms with Gasteiger partial charge in [0.05, 0.1) is 32.2 Å². The first kappa shape index (κ1) is 24.0. The van der Waals surface area contributed by atoms with Gasteiger partial charge in [0, 0.05) is 17.1 Å². The molecule has 4 rings (SSSR count). The largest absolute Gasteiger partial charge is 0.493 e. The van der Waals surface area contributed by atoms with Gasteiger partial charge in [-0.05, 0) is 36.8 Å². The number of ether oxygens (including phenoxy) is 4. The summed E-state index contributed by atoms with van der Waals surface area (Å²) in [4.78, 5) is 29.1. The quantitative estimate of drug-likeness (QED) is 0.313. The van der Waals surface area contributed by atoms with Crippen LogP contribution in [0.3, 0.4) is 0 Å². The van der Waals surface area contributed by atoms with E-state index >= 15 is 0 Å². The fourth-order valence-corrected chi connectivity index (χ4v) is 4.01. The Balaban J connectivity index is 1.63. The Hall–Kier alpha value is -4.18. The lowest BCUT2D eigenvalue weighted by Gasteiger charge is -2.09. The molecule has 0 amide bonds. The van der Waals surface area contributed by atoms with Crippen molar-refractivity contribution in [1.82, 2.24) is 14.8 Å². The second-order valence-electron chi connectivity index (χ2n) is 7.18. The van der Waals surface area contributed by atoms with Crippen molar-refractivity contribution in [2.45, 2.75) is 13.5 Å². The summed E-state index contributed by atoms with van der Waals surface area (Å²) in [5.41, 5.74) is 2.62. The standard InChI is InChI=1S/C25H23N3O6S/c1-4-33-25(30)23-26-17(15-35-23)14-34-24(29)22-19(13-28(27-22)18-8-6-5-7-9-18)16-10-11-20(31-2)21(12-16)32-3/h5-13,15H,4,14H2,1-3H3. The summed E-state index contributed by atoms with van der Waals surface area (Å²) in [5.74, 6) is -0.0509. The number of rotatable bonds is 9. The summed E-state index contributed by atoms with van der Waals surface area (Å²) in [6.45, 7) is 1.86. The van der Waals surface area contributed by atoms with E-state index in [-0.39, 0.29) is 23.9 Å². The summed E-state index contributed by atoms with van der Waals surface area (Å²) in [6.07, 6.45) is 1.76. The van der Waals surface area contributed by atoms with Crippen molar-refractivity contribution in [3.05, 3.63) is 76.5 Å². The molecule has 2 aromatic carbocycles. The molecule has 4 aromatic rings. The first-order chi connectivity index (χ1) is 17.0. The third kappa shape index (κ3) is 5.33. The van der Waals surface area contributed by atoms with Crippen LogP contribution in [0, 0.1) is 0 Å². The summed E-state index contributed by atoms with van der Waals surface area (Å²) in [6, 6.07) is 14.8. The summed E-state index contributed by atoms with van der Waals surface area (Å²) < 4.78 is 22.8. The minimum absolute atomic E-state index is 0.113. The highest BCUT2D eigenvalue weighted by Gasteiger charge is 2.22. The molecule has 0 spiro atoms. The summed E-state index contributed by atoms with van der Waals surface area (Å²) >= 11 is 1.13. The van der Waals surface area contributed by atoms with Crippen molar-refractivity contribution >= 4 is 23.3 Å². The van der Waals surface area contributed by atoms with Crippen LogP contribution in [0.5, 0.6) is 11.5 Å². The van der Waals surface area contributed by atoms with Crippen molar-refractivity contribution in [3.8, 4) is 28.3 Å². The van der Waals surface area contributed by atoms with Crippen LogP contribution in [0.15, 0.2) is 60.1 Å². The predicted molar refractivity (Wildman–Crippen MR) is 129 cm³/mol. The molecular formula is C25H23N3O6S.